The molecule has 1 aromatic carbocycles. The van der Waals surface area contributed by atoms with Crippen molar-refractivity contribution in [1.82, 2.24) is 0 Å². The van der Waals surface area contributed by atoms with Crippen LogP contribution in [0, 0.1) is 0 Å². The Kier molecular flexibility index (Phi) is 5.84. The topological polar surface area (TPSA) is 30.5 Å². The molecule has 2 unspecified atom stereocenters. The molecule has 0 aliphatic carbocycles. The molecule has 96 valence electrons. The molecule has 0 bridgehead atoms. The molecule has 17 heavy (non-hydrogen) atoms. The van der Waals surface area contributed by atoms with Crippen molar-refractivity contribution in [3.63, 3.8) is 0 Å². The van der Waals surface area contributed by atoms with Gasteiger partial charge in [0.15, 0.2) is 0 Å². The smallest absolute Gasteiger partial charge is 0.121 e. The van der Waals surface area contributed by atoms with Crippen molar-refractivity contribution in [3.05, 3.63) is 24.3 Å². The molecule has 3 heteroatoms. The van der Waals surface area contributed by atoms with E-state index in [0.29, 0.717) is 0 Å². The largest absolute Gasteiger partial charge is 0.494 e. The Labute approximate surface area is 104 Å². The summed E-state index contributed by atoms with van der Waals surface area (Å²) >= 11 is 0. The van der Waals surface area contributed by atoms with Gasteiger partial charge in [0.25, 0.3) is 0 Å². The molecule has 1 rings (SSSR count). The molecule has 2 atom stereocenters. The molecule has 0 saturated carbocycles. The maximum absolute atomic E-state index is 5.59. The van der Waals surface area contributed by atoms with Crippen molar-refractivity contribution in [2.45, 2.75) is 39.3 Å². The fourth-order valence-corrected chi connectivity index (χ4v) is 1.48. The highest BCUT2D eigenvalue weighted by atomic mass is 16.5. The predicted molar refractivity (Wildman–Crippen MR) is 71.8 cm³/mol. The summed E-state index contributed by atoms with van der Waals surface area (Å²) in [6, 6.07) is 8.30. The minimum Gasteiger partial charge on any atom is -0.494 e. The SMILES string of the molecule is CCCOc1cccc(NC(C)C(C)OC)c1. The van der Waals surface area contributed by atoms with E-state index >= 15 is 0 Å². The van der Waals surface area contributed by atoms with E-state index < -0.39 is 0 Å². The number of hydrogen-bond acceptors (Lipinski definition) is 3. The predicted octanol–water partition coefficient (Wildman–Crippen LogP) is 3.31. The highest BCUT2D eigenvalue weighted by Gasteiger charge is 2.10. The van der Waals surface area contributed by atoms with E-state index in [1.54, 1.807) is 7.11 Å². The average molecular weight is 237 g/mol. The van der Waals surface area contributed by atoms with Gasteiger partial charge in [-0.15, -0.1) is 0 Å². The average Bonchev–Trinajstić information content (AvgIpc) is 2.35. The number of hydrogen-bond donors (Lipinski definition) is 1. The van der Waals surface area contributed by atoms with Crippen LogP contribution in [0.1, 0.15) is 27.2 Å². The third-order valence-corrected chi connectivity index (χ3v) is 2.78. The van der Waals surface area contributed by atoms with Crippen molar-refractivity contribution < 1.29 is 9.47 Å². The molecule has 0 heterocycles. The van der Waals surface area contributed by atoms with E-state index in [2.05, 4.69) is 26.1 Å². The lowest BCUT2D eigenvalue weighted by molar-refractivity contribution is 0.106. The van der Waals surface area contributed by atoms with Crippen molar-refractivity contribution in [3.8, 4) is 5.75 Å². The first-order chi connectivity index (χ1) is 8.17. The van der Waals surface area contributed by atoms with Crippen molar-refractivity contribution >= 4 is 5.69 Å². The van der Waals surface area contributed by atoms with E-state index in [4.69, 9.17) is 9.47 Å². The van der Waals surface area contributed by atoms with Crippen LogP contribution >= 0.6 is 0 Å². The third kappa shape index (κ3) is 4.65. The van der Waals surface area contributed by atoms with Gasteiger partial charge in [-0.1, -0.05) is 13.0 Å². The second-order valence-corrected chi connectivity index (χ2v) is 4.25. The highest BCUT2D eigenvalue weighted by molar-refractivity contribution is 5.48. The van der Waals surface area contributed by atoms with Crippen LogP contribution in [0.15, 0.2) is 24.3 Å². The van der Waals surface area contributed by atoms with E-state index in [9.17, 15) is 0 Å². The zero-order valence-electron chi connectivity index (χ0n) is 11.2. The number of ether oxygens (including phenoxy) is 2. The summed E-state index contributed by atoms with van der Waals surface area (Å²) in [5, 5.41) is 3.40. The molecule has 0 aliphatic rings. The standard InChI is InChI=1S/C14H23NO2/c1-5-9-17-14-8-6-7-13(10-14)15-11(2)12(3)16-4/h6-8,10-12,15H,5,9H2,1-4H3. The van der Waals surface area contributed by atoms with Crippen LogP contribution in [0.2, 0.25) is 0 Å². The Hall–Kier alpha value is -1.22. The van der Waals surface area contributed by atoms with Crippen LogP contribution in [-0.2, 0) is 4.74 Å². The van der Waals surface area contributed by atoms with Crippen LogP contribution < -0.4 is 10.1 Å². The van der Waals surface area contributed by atoms with Gasteiger partial charge in [0.05, 0.1) is 12.7 Å². The van der Waals surface area contributed by atoms with Crippen molar-refractivity contribution in [1.29, 1.82) is 0 Å². The maximum Gasteiger partial charge on any atom is 0.121 e. The lowest BCUT2D eigenvalue weighted by Gasteiger charge is -2.21. The number of anilines is 1. The molecule has 0 spiro atoms. The first-order valence-electron chi connectivity index (χ1n) is 6.19. The Morgan fingerprint density at radius 1 is 1.29 bits per heavy atom. The van der Waals surface area contributed by atoms with Crippen LogP contribution in [0.4, 0.5) is 5.69 Å². The molecule has 3 nitrogen and oxygen atoms in total. The van der Waals surface area contributed by atoms with E-state index in [1.807, 2.05) is 24.3 Å². The van der Waals surface area contributed by atoms with Crippen LogP contribution in [0.25, 0.3) is 0 Å². The van der Waals surface area contributed by atoms with Gasteiger partial charge in [-0.25, -0.2) is 0 Å². The molecule has 0 aromatic heterocycles. The lowest BCUT2D eigenvalue weighted by Crippen LogP contribution is -2.29. The number of nitrogens with one attached hydrogen (secondary N) is 1. The molecular weight excluding hydrogens is 214 g/mol. The van der Waals surface area contributed by atoms with E-state index in [0.717, 1.165) is 24.5 Å². The summed E-state index contributed by atoms with van der Waals surface area (Å²) < 4.78 is 10.9. The zero-order valence-corrected chi connectivity index (χ0v) is 11.2. The van der Waals surface area contributed by atoms with Gasteiger partial charge < -0.3 is 14.8 Å². The Morgan fingerprint density at radius 2 is 2.06 bits per heavy atom. The molecule has 0 amide bonds. The summed E-state index contributed by atoms with van der Waals surface area (Å²) in [6.45, 7) is 7.01. The quantitative estimate of drug-likeness (QED) is 0.789. The summed E-state index contributed by atoms with van der Waals surface area (Å²) in [7, 11) is 1.73. The van der Waals surface area contributed by atoms with Gasteiger partial charge in [-0.2, -0.15) is 0 Å². The van der Waals surface area contributed by atoms with Gasteiger partial charge in [-0.3, -0.25) is 0 Å². The Bertz CT molecular complexity index is 328. The molecule has 0 saturated heterocycles. The zero-order chi connectivity index (χ0) is 12.7. The van der Waals surface area contributed by atoms with Crippen LogP contribution in [0.5, 0.6) is 5.75 Å². The highest BCUT2D eigenvalue weighted by Crippen LogP contribution is 2.19. The number of methoxy groups -OCH3 is 1. The Balaban J connectivity index is 2.58. The van der Waals surface area contributed by atoms with Gasteiger partial charge in [0, 0.05) is 24.9 Å². The normalized spacial score (nSPS) is 14.1. The molecular formula is C14H23NO2. The third-order valence-electron chi connectivity index (χ3n) is 2.78. The lowest BCUT2D eigenvalue weighted by atomic mass is 10.2. The van der Waals surface area contributed by atoms with Gasteiger partial charge in [-0.05, 0) is 32.4 Å². The summed E-state index contributed by atoms with van der Waals surface area (Å²) in [5.74, 6) is 0.911. The maximum atomic E-state index is 5.59. The van der Waals surface area contributed by atoms with E-state index in [1.165, 1.54) is 0 Å². The first-order valence-corrected chi connectivity index (χ1v) is 6.19. The van der Waals surface area contributed by atoms with Crippen LogP contribution in [-0.4, -0.2) is 25.9 Å². The summed E-state index contributed by atoms with van der Waals surface area (Å²) in [6.07, 6.45) is 1.20. The number of benzene rings is 1. The monoisotopic (exact) mass is 237 g/mol. The van der Waals surface area contributed by atoms with E-state index in [-0.39, 0.29) is 12.1 Å². The van der Waals surface area contributed by atoms with Crippen molar-refractivity contribution in [2.75, 3.05) is 19.0 Å². The molecule has 1 aromatic rings. The second-order valence-electron chi connectivity index (χ2n) is 4.25. The Morgan fingerprint density at radius 3 is 2.71 bits per heavy atom. The molecule has 0 fully saturated rings. The minimum absolute atomic E-state index is 0.176. The van der Waals surface area contributed by atoms with Gasteiger partial charge in [0.2, 0.25) is 0 Å². The fourth-order valence-electron chi connectivity index (χ4n) is 1.48. The van der Waals surface area contributed by atoms with Crippen LogP contribution in [0.3, 0.4) is 0 Å². The second kappa shape index (κ2) is 7.17. The van der Waals surface area contributed by atoms with Gasteiger partial charge >= 0.3 is 0 Å². The first kappa shape index (κ1) is 13.8. The molecule has 0 aliphatic heterocycles. The minimum atomic E-state index is 0.176. The molecule has 0 radical (unpaired) electrons. The summed E-state index contributed by atoms with van der Waals surface area (Å²) in [4.78, 5) is 0. The number of rotatable bonds is 7. The summed E-state index contributed by atoms with van der Waals surface area (Å²) in [5.41, 5.74) is 1.06. The van der Waals surface area contributed by atoms with Gasteiger partial charge in [0.1, 0.15) is 5.75 Å². The fraction of sp³-hybridized carbons (Fsp3) is 0.571. The van der Waals surface area contributed by atoms with Crippen molar-refractivity contribution in [2.24, 2.45) is 0 Å². The molecule has 1 N–H and O–H groups in total.